The van der Waals surface area contributed by atoms with Crippen LogP contribution < -0.4 is 10.6 Å². The second kappa shape index (κ2) is 6.24. The van der Waals surface area contributed by atoms with Crippen molar-refractivity contribution in [2.75, 3.05) is 11.9 Å². The van der Waals surface area contributed by atoms with Crippen molar-refractivity contribution in [3.63, 3.8) is 0 Å². The van der Waals surface area contributed by atoms with Crippen LogP contribution in [-0.2, 0) is 9.59 Å². The average molecular weight is 329 g/mol. The number of amides is 2. The van der Waals surface area contributed by atoms with Crippen molar-refractivity contribution in [2.45, 2.75) is 26.7 Å². The highest BCUT2D eigenvalue weighted by atomic mass is 35.5. The molecule has 1 aromatic carbocycles. The van der Waals surface area contributed by atoms with Crippen molar-refractivity contribution in [3.05, 3.63) is 28.2 Å². The molecule has 0 radical (unpaired) electrons. The molecule has 0 aliphatic heterocycles. The number of benzene rings is 1. The molecule has 0 saturated heterocycles. The normalized spacial score (nSPS) is 15.7. The first-order valence-electron chi connectivity index (χ1n) is 6.90. The van der Waals surface area contributed by atoms with E-state index in [-0.39, 0.29) is 11.8 Å². The second-order valence-electron chi connectivity index (χ2n) is 5.77. The maximum absolute atomic E-state index is 12.3. The zero-order chi connectivity index (χ0) is 15.6. The third-order valence-corrected chi connectivity index (χ3v) is 4.21. The molecule has 0 unspecified atom stereocenters. The van der Waals surface area contributed by atoms with Gasteiger partial charge in [0.15, 0.2) is 0 Å². The average Bonchev–Trinajstić information content (AvgIpc) is 3.21. The third-order valence-electron chi connectivity index (χ3n) is 3.47. The molecule has 114 valence electrons. The monoisotopic (exact) mass is 328 g/mol. The molecule has 2 rings (SSSR count). The number of halogens is 2. The molecule has 0 spiro atoms. The highest BCUT2D eigenvalue weighted by molar-refractivity contribution is 6.42. The number of carbonyl (C=O) groups is 2. The van der Waals surface area contributed by atoms with E-state index in [1.165, 1.54) is 0 Å². The van der Waals surface area contributed by atoms with E-state index >= 15 is 0 Å². The van der Waals surface area contributed by atoms with Crippen molar-refractivity contribution in [1.29, 1.82) is 0 Å². The van der Waals surface area contributed by atoms with Crippen molar-refractivity contribution in [2.24, 2.45) is 11.3 Å². The lowest BCUT2D eigenvalue weighted by Gasteiger charge is -2.16. The Morgan fingerprint density at radius 3 is 2.38 bits per heavy atom. The maximum atomic E-state index is 12.3. The summed E-state index contributed by atoms with van der Waals surface area (Å²) in [6, 6.07) is 4.84. The first-order chi connectivity index (χ1) is 9.85. The van der Waals surface area contributed by atoms with Crippen molar-refractivity contribution < 1.29 is 9.59 Å². The molecule has 1 aromatic rings. The predicted octanol–water partition coefficient (Wildman–Crippen LogP) is 3.48. The lowest BCUT2D eigenvalue weighted by molar-refractivity contribution is -0.134. The van der Waals surface area contributed by atoms with Gasteiger partial charge >= 0.3 is 0 Å². The third kappa shape index (κ3) is 3.69. The lowest BCUT2D eigenvalue weighted by Crippen LogP contribution is -2.41. The summed E-state index contributed by atoms with van der Waals surface area (Å²) in [5, 5.41) is 6.35. The highest BCUT2D eigenvalue weighted by Crippen LogP contribution is 2.47. The van der Waals surface area contributed by atoms with Gasteiger partial charge in [-0.05, 0) is 37.0 Å². The minimum atomic E-state index is -0.930. The SMILES string of the molecule is CC(C)CNC(=O)C1(C(=O)Nc2ccc(Cl)c(Cl)c2)CC1. The quantitative estimate of drug-likeness (QED) is 0.813. The van der Waals surface area contributed by atoms with E-state index < -0.39 is 5.41 Å². The zero-order valence-corrected chi connectivity index (χ0v) is 13.5. The molecular weight excluding hydrogens is 311 g/mol. The molecule has 1 aliphatic rings. The van der Waals surface area contributed by atoms with E-state index in [1.807, 2.05) is 13.8 Å². The van der Waals surface area contributed by atoms with Crippen LogP contribution in [0.2, 0.25) is 10.0 Å². The standard InChI is InChI=1S/C15H18Cl2N2O2/c1-9(2)8-18-13(20)15(5-6-15)14(21)19-10-3-4-11(16)12(17)7-10/h3-4,7,9H,5-6,8H2,1-2H3,(H,18,20)(H,19,21). The van der Waals surface area contributed by atoms with Crippen molar-refractivity contribution in [3.8, 4) is 0 Å². The summed E-state index contributed by atoms with van der Waals surface area (Å²) in [5.41, 5.74) is -0.390. The fourth-order valence-corrected chi connectivity index (χ4v) is 2.27. The number of hydrogen-bond donors (Lipinski definition) is 2. The van der Waals surface area contributed by atoms with Gasteiger partial charge < -0.3 is 10.6 Å². The van der Waals surface area contributed by atoms with Crippen LogP contribution >= 0.6 is 23.2 Å². The fourth-order valence-electron chi connectivity index (χ4n) is 1.97. The Kier molecular flexibility index (Phi) is 4.79. The topological polar surface area (TPSA) is 58.2 Å². The Balaban J connectivity index is 2.02. The predicted molar refractivity (Wildman–Crippen MR) is 84.6 cm³/mol. The van der Waals surface area contributed by atoms with Gasteiger partial charge in [-0.1, -0.05) is 37.0 Å². The Morgan fingerprint density at radius 2 is 1.86 bits per heavy atom. The molecule has 0 aromatic heterocycles. The molecule has 1 aliphatic carbocycles. The summed E-state index contributed by atoms with van der Waals surface area (Å²) in [5.74, 6) is -0.140. The Labute approximate surface area is 134 Å². The van der Waals surface area contributed by atoms with Crippen LogP contribution in [0.4, 0.5) is 5.69 Å². The van der Waals surface area contributed by atoms with Gasteiger partial charge in [0.05, 0.1) is 10.0 Å². The van der Waals surface area contributed by atoms with Gasteiger partial charge in [0, 0.05) is 12.2 Å². The molecule has 21 heavy (non-hydrogen) atoms. The Hall–Kier alpha value is -1.26. The van der Waals surface area contributed by atoms with Gasteiger partial charge in [0.25, 0.3) is 0 Å². The summed E-state index contributed by atoms with van der Waals surface area (Å²) in [7, 11) is 0. The highest BCUT2D eigenvalue weighted by Gasteiger charge is 2.56. The minimum absolute atomic E-state index is 0.200. The zero-order valence-electron chi connectivity index (χ0n) is 12.0. The number of rotatable bonds is 5. The Bertz CT molecular complexity index is 569. The fraction of sp³-hybridized carbons (Fsp3) is 0.467. The second-order valence-corrected chi connectivity index (χ2v) is 6.58. The molecule has 1 saturated carbocycles. The Morgan fingerprint density at radius 1 is 1.19 bits per heavy atom. The molecule has 2 N–H and O–H groups in total. The summed E-state index contributed by atoms with van der Waals surface area (Å²) in [6.07, 6.45) is 1.15. The van der Waals surface area contributed by atoms with Crippen LogP contribution in [0.15, 0.2) is 18.2 Å². The van der Waals surface area contributed by atoms with E-state index in [0.29, 0.717) is 41.0 Å². The maximum Gasteiger partial charge on any atom is 0.240 e. The number of nitrogens with one attached hydrogen (secondary N) is 2. The van der Waals surface area contributed by atoms with Gasteiger partial charge in [-0.2, -0.15) is 0 Å². The van der Waals surface area contributed by atoms with Crippen LogP contribution in [0.25, 0.3) is 0 Å². The molecule has 0 heterocycles. The minimum Gasteiger partial charge on any atom is -0.355 e. The summed E-state index contributed by atoms with van der Waals surface area (Å²) < 4.78 is 0. The van der Waals surface area contributed by atoms with Gasteiger partial charge in [-0.15, -0.1) is 0 Å². The van der Waals surface area contributed by atoms with Gasteiger partial charge in [0.2, 0.25) is 11.8 Å². The van der Waals surface area contributed by atoms with Crippen LogP contribution in [0.5, 0.6) is 0 Å². The summed E-state index contributed by atoms with van der Waals surface area (Å²) >= 11 is 11.7. The smallest absolute Gasteiger partial charge is 0.240 e. The van der Waals surface area contributed by atoms with Crippen molar-refractivity contribution >= 4 is 40.7 Å². The van der Waals surface area contributed by atoms with Crippen LogP contribution in [0, 0.1) is 11.3 Å². The van der Waals surface area contributed by atoms with E-state index in [2.05, 4.69) is 10.6 Å². The van der Waals surface area contributed by atoms with Crippen LogP contribution in [0.1, 0.15) is 26.7 Å². The van der Waals surface area contributed by atoms with Crippen LogP contribution in [0.3, 0.4) is 0 Å². The van der Waals surface area contributed by atoms with E-state index in [1.54, 1.807) is 18.2 Å². The molecular formula is C15H18Cl2N2O2. The largest absolute Gasteiger partial charge is 0.355 e. The van der Waals surface area contributed by atoms with Crippen molar-refractivity contribution in [1.82, 2.24) is 5.32 Å². The van der Waals surface area contributed by atoms with E-state index in [4.69, 9.17) is 23.2 Å². The number of carbonyl (C=O) groups excluding carboxylic acids is 2. The lowest BCUT2D eigenvalue weighted by atomic mass is 10.0. The molecule has 0 bridgehead atoms. The van der Waals surface area contributed by atoms with Gasteiger partial charge in [-0.25, -0.2) is 0 Å². The molecule has 1 fully saturated rings. The molecule has 4 nitrogen and oxygen atoms in total. The molecule has 6 heteroatoms. The summed E-state index contributed by atoms with van der Waals surface area (Å²) in [6.45, 7) is 4.59. The van der Waals surface area contributed by atoms with E-state index in [0.717, 1.165) is 0 Å². The summed E-state index contributed by atoms with van der Waals surface area (Å²) in [4.78, 5) is 24.5. The molecule has 0 atom stereocenters. The van der Waals surface area contributed by atoms with Crippen LogP contribution in [-0.4, -0.2) is 18.4 Å². The van der Waals surface area contributed by atoms with Gasteiger partial charge in [-0.3, -0.25) is 9.59 Å². The number of hydrogen-bond acceptors (Lipinski definition) is 2. The first kappa shape index (κ1) is 16.1. The number of anilines is 1. The first-order valence-corrected chi connectivity index (χ1v) is 7.65. The van der Waals surface area contributed by atoms with Gasteiger partial charge in [0.1, 0.15) is 5.41 Å². The van der Waals surface area contributed by atoms with E-state index in [9.17, 15) is 9.59 Å². The molecule has 2 amide bonds.